The average molecular weight is 363 g/mol. The van der Waals surface area contributed by atoms with Gasteiger partial charge < -0.3 is 5.32 Å². The predicted molar refractivity (Wildman–Crippen MR) is 82.7 cm³/mol. The van der Waals surface area contributed by atoms with E-state index in [9.17, 15) is 8.42 Å². The third-order valence-electron chi connectivity index (χ3n) is 3.33. The lowest BCUT2D eigenvalue weighted by Crippen LogP contribution is -2.44. The summed E-state index contributed by atoms with van der Waals surface area (Å²) in [5.74, 6) is 0.367. The molecule has 2 N–H and O–H groups in total. The Hall–Kier alpha value is -0.700. The first-order valence-electron chi connectivity index (χ1n) is 6.55. The van der Waals surface area contributed by atoms with Crippen molar-refractivity contribution < 1.29 is 8.42 Å². The molecule has 2 rings (SSSR count). The van der Waals surface area contributed by atoms with Crippen LogP contribution >= 0.6 is 15.9 Å². The van der Waals surface area contributed by atoms with E-state index < -0.39 is 10.2 Å². The normalized spacial score (nSPS) is 20.8. The molecule has 0 aromatic carbocycles. The first-order valence-corrected chi connectivity index (χ1v) is 8.78. The van der Waals surface area contributed by atoms with Gasteiger partial charge >= 0.3 is 10.2 Å². The number of piperidine rings is 1. The van der Waals surface area contributed by atoms with E-state index in [0.29, 0.717) is 29.2 Å². The molecule has 8 heteroatoms. The van der Waals surface area contributed by atoms with Crippen molar-refractivity contribution in [3.8, 4) is 0 Å². The fourth-order valence-corrected chi connectivity index (χ4v) is 4.20. The minimum Gasteiger partial charge on any atom is -0.319 e. The van der Waals surface area contributed by atoms with Gasteiger partial charge in [-0.15, -0.1) is 0 Å². The molecule has 0 amide bonds. The molecule has 6 nitrogen and oxygen atoms in total. The number of halogens is 1. The van der Waals surface area contributed by atoms with Gasteiger partial charge in [-0.2, -0.15) is 12.7 Å². The second-order valence-corrected chi connectivity index (χ2v) is 7.41. The second kappa shape index (κ2) is 6.84. The summed E-state index contributed by atoms with van der Waals surface area (Å²) in [4.78, 5) is 3.92. The van der Waals surface area contributed by atoms with Crippen molar-refractivity contribution in [3.05, 3.63) is 22.9 Å². The predicted octanol–water partition coefficient (Wildman–Crippen LogP) is 1.43. The Balaban J connectivity index is 2.08. The van der Waals surface area contributed by atoms with Crippen LogP contribution in [0.15, 0.2) is 22.9 Å². The number of hydrogen-bond donors (Lipinski definition) is 2. The van der Waals surface area contributed by atoms with Crippen molar-refractivity contribution in [3.63, 3.8) is 0 Å². The zero-order valence-electron chi connectivity index (χ0n) is 11.3. The minimum atomic E-state index is -3.51. The third-order valence-corrected chi connectivity index (χ3v) is 5.45. The summed E-state index contributed by atoms with van der Waals surface area (Å²) in [6.45, 7) is 1.96. The molecule has 20 heavy (non-hydrogen) atoms. The van der Waals surface area contributed by atoms with Gasteiger partial charge in [0, 0.05) is 25.5 Å². The molecular weight excluding hydrogens is 344 g/mol. The van der Waals surface area contributed by atoms with Crippen LogP contribution in [0.5, 0.6) is 0 Å². The first-order chi connectivity index (χ1) is 9.53. The molecule has 1 unspecified atom stereocenters. The van der Waals surface area contributed by atoms with Crippen molar-refractivity contribution in [2.24, 2.45) is 5.92 Å². The van der Waals surface area contributed by atoms with E-state index in [2.05, 4.69) is 31.0 Å². The lowest BCUT2D eigenvalue weighted by molar-refractivity contribution is 0.264. The molecule has 1 aromatic rings. The van der Waals surface area contributed by atoms with Crippen LogP contribution in [-0.4, -0.2) is 44.4 Å². The molecule has 1 aliphatic rings. The van der Waals surface area contributed by atoms with Gasteiger partial charge in [0.05, 0.1) is 10.2 Å². The summed E-state index contributed by atoms with van der Waals surface area (Å²) in [6.07, 6.45) is 5.08. The van der Waals surface area contributed by atoms with Gasteiger partial charge in [-0.05, 0) is 54.3 Å². The van der Waals surface area contributed by atoms with Crippen LogP contribution in [0.2, 0.25) is 0 Å². The molecule has 0 bridgehead atoms. The topological polar surface area (TPSA) is 74.3 Å². The van der Waals surface area contributed by atoms with Crippen LogP contribution in [0, 0.1) is 5.92 Å². The summed E-state index contributed by atoms with van der Waals surface area (Å²) < 4.78 is 29.6. The Morgan fingerprint density at radius 1 is 1.55 bits per heavy atom. The van der Waals surface area contributed by atoms with Gasteiger partial charge in [0.15, 0.2) is 0 Å². The fraction of sp³-hybridized carbons (Fsp3) is 0.583. The Kier molecular flexibility index (Phi) is 5.36. The largest absolute Gasteiger partial charge is 0.319 e. The van der Waals surface area contributed by atoms with E-state index >= 15 is 0 Å². The highest BCUT2D eigenvalue weighted by molar-refractivity contribution is 9.10. The van der Waals surface area contributed by atoms with Gasteiger partial charge in [-0.25, -0.2) is 0 Å². The van der Waals surface area contributed by atoms with Crippen LogP contribution in [0.4, 0.5) is 5.69 Å². The van der Waals surface area contributed by atoms with E-state index in [1.807, 2.05) is 7.05 Å². The van der Waals surface area contributed by atoms with Crippen LogP contribution in [0.25, 0.3) is 0 Å². The summed E-state index contributed by atoms with van der Waals surface area (Å²) >= 11 is 3.29. The molecule has 0 spiro atoms. The average Bonchev–Trinajstić information content (AvgIpc) is 2.42. The van der Waals surface area contributed by atoms with Crippen molar-refractivity contribution >= 4 is 31.8 Å². The van der Waals surface area contributed by atoms with E-state index in [4.69, 9.17) is 0 Å². The molecule has 0 saturated carbocycles. The molecule has 1 atom stereocenters. The molecular formula is C12H19BrN4O2S. The standard InChI is InChI=1S/C12H19BrN4O2S/c1-14-7-10-3-2-6-17(9-10)20(18,19)16-12-4-5-15-8-11(12)13/h4-5,8,10,14H,2-3,6-7,9H2,1H3,(H,15,16). The van der Waals surface area contributed by atoms with Crippen molar-refractivity contribution in [2.75, 3.05) is 31.4 Å². The monoisotopic (exact) mass is 362 g/mol. The second-order valence-electron chi connectivity index (χ2n) is 4.89. The molecule has 0 aliphatic carbocycles. The maximum atomic E-state index is 12.4. The molecule has 1 fully saturated rings. The number of hydrogen-bond acceptors (Lipinski definition) is 4. The summed E-state index contributed by atoms with van der Waals surface area (Å²) in [6, 6.07) is 1.64. The summed E-state index contributed by atoms with van der Waals surface area (Å²) in [5, 5.41) is 3.11. The maximum Gasteiger partial charge on any atom is 0.301 e. The lowest BCUT2D eigenvalue weighted by Gasteiger charge is -2.32. The number of nitrogens with zero attached hydrogens (tertiary/aromatic N) is 2. The number of pyridine rings is 1. The Morgan fingerprint density at radius 3 is 3.05 bits per heavy atom. The van der Waals surface area contributed by atoms with Crippen LogP contribution in [0.1, 0.15) is 12.8 Å². The van der Waals surface area contributed by atoms with E-state index in [-0.39, 0.29) is 0 Å². The Morgan fingerprint density at radius 2 is 2.35 bits per heavy atom. The van der Waals surface area contributed by atoms with E-state index in [1.54, 1.807) is 18.5 Å². The summed E-state index contributed by atoms with van der Waals surface area (Å²) in [5.41, 5.74) is 0.510. The third kappa shape index (κ3) is 3.91. The Labute approximate surface area is 128 Å². The fourth-order valence-electron chi connectivity index (χ4n) is 2.36. The van der Waals surface area contributed by atoms with Gasteiger partial charge in [0.1, 0.15) is 0 Å². The number of anilines is 1. The SMILES string of the molecule is CNCC1CCCN(S(=O)(=O)Nc2ccncc2Br)C1. The molecule has 112 valence electrons. The van der Waals surface area contributed by atoms with Crippen LogP contribution in [0.3, 0.4) is 0 Å². The number of nitrogens with one attached hydrogen (secondary N) is 2. The van der Waals surface area contributed by atoms with Gasteiger partial charge in [0.2, 0.25) is 0 Å². The number of aromatic nitrogens is 1. The highest BCUT2D eigenvalue weighted by Gasteiger charge is 2.28. The smallest absolute Gasteiger partial charge is 0.301 e. The molecule has 1 saturated heterocycles. The van der Waals surface area contributed by atoms with Gasteiger partial charge in [-0.3, -0.25) is 9.71 Å². The van der Waals surface area contributed by atoms with Crippen molar-refractivity contribution in [1.82, 2.24) is 14.6 Å². The number of rotatable bonds is 5. The Bertz CT molecular complexity index is 550. The highest BCUT2D eigenvalue weighted by Crippen LogP contribution is 2.24. The van der Waals surface area contributed by atoms with Crippen molar-refractivity contribution in [1.29, 1.82) is 0 Å². The van der Waals surface area contributed by atoms with Gasteiger partial charge in [-0.1, -0.05) is 0 Å². The highest BCUT2D eigenvalue weighted by atomic mass is 79.9. The quantitative estimate of drug-likeness (QED) is 0.830. The zero-order chi connectivity index (χ0) is 14.6. The first kappa shape index (κ1) is 15.7. The minimum absolute atomic E-state index is 0.367. The zero-order valence-corrected chi connectivity index (χ0v) is 13.7. The van der Waals surface area contributed by atoms with Crippen molar-refractivity contribution in [2.45, 2.75) is 12.8 Å². The maximum absolute atomic E-state index is 12.4. The lowest BCUT2D eigenvalue weighted by atomic mass is 10.00. The van der Waals surface area contributed by atoms with E-state index in [1.165, 1.54) is 4.31 Å². The molecule has 1 aliphatic heterocycles. The van der Waals surface area contributed by atoms with Crippen LogP contribution < -0.4 is 10.0 Å². The van der Waals surface area contributed by atoms with Gasteiger partial charge in [0.25, 0.3) is 0 Å². The molecule has 0 radical (unpaired) electrons. The summed E-state index contributed by atoms with van der Waals surface area (Å²) in [7, 11) is -1.62. The van der Waals surface area contributed by atoms with Crippen LogP contribution in [-0.2, 0) is 10.2 Å². The molecule has 2 heterocycles. The van der Waals surface area contributed by atoms with E-state index in [0.717, 1.165) is 19.4 Å². The molecule has 1 aromatic heterocycles.